The van der Waals surface area contributed by atoms with Crippen LogP contribution in [0, 0.1) is 8.99 Å². The van der Waals surface area contributed by atoms with Crippen LogP contribution in [0.2, 0.25) is 0 Å². The number of hydrogen-bond donors (Lipinski definition) is 1. The zero-order chi connectivity index (χ0) is 13.9. The molecule has 0 bridgehead atoms. The van der Waals surface area contributed by atoms with Crippen molar-refractivity contribution in [1.82, 2.24) is 0 Å². The van der Waals surface area contributed by atoms with Crippen LogP contribution in [-0.4, -0.2) is 17.0 Å². The molecule has 0 amide bonds. The molecule has 0 aliphatic heterocycles. The van der Waals surface area contributed by atoms with Gasteiger partial charge in [0.2, 0.25) is 0 Å². The van der Waals surface area contributed by atoms with Gasteiger partial charge in [-0.15, -0.1) is 0 Å². The number of rotatable bonds is 4. The lowest BCUT2D eigenvalue weighted by Gasteiger charge is -2.20. The van der Waals surface area contributed by atoms with E-state index in [0.29, 0.717) is 9.99 Å². The Kier molecular flexibility index (Phi) is 4.72. The summed E-state index contributed by atoms with van der Waals surface area (Å²) in [5.41, 5.74) is -0.443. The van der Waals surface area contributed by atoms with Gasteiger partial charge in [-0.1, -0.05) is 6.92 Å². The van der Waals surface area contributed by atoms with E-state index in [9.17, 15) is 9.59 Å². The van der Waals surface area contributed by atoms with E-state index in [4.69, 9.17) is 9.84 Å². The summed E-state index contributed by atoms with van der Waals surface area (Å²) in [5, 5.41) is 8.98. The molecule has 0 unspecified atom stereocenters. The minimum Gasteiger partial charge on any atom is -0.478 e. The summed E-state index contributed by atoms with van der Waals surface area (Å²) in [6, 6.07) is 4.58. The predicted octanol–water partition coefficient (Wildman–Crippen LogP) is 3.33. The summed E-state index contributed by atoms with van der Waals surface area (Å²) in [7, 11) is 0. The van der Waals surface area contributed by atoms with Gasteiger partial charge >= 0.3 is 11.9 Å². The van der Waals surface area contributed by atoms with Gasteiger partial charge in [0.05, 0.1) is 11.0 Å². The van der Waals surface area contributed by atoms with Crippen LogP contribution >= 0.6 is 22.6 Å². The topological polar surface area (TPSA) is 63.6 Å². The Bertz CT molecular complexity index is 480. The number of carbonyl (C=O) groups excluding carboxylic acids is 1. The fourth-order valence-electron chi connectivity index (χ4n) is 1.12. The summed E-state index contributed by atoms with van der Waals surface area (Å²) < 4.78 is 5.82. The highest BCUT2D eigenvalue weighted by Gasteiger charge is 2.27. The molecular weight excluding hydrogens is 347 g/mol. The first-order valence-corrected chi connectivity index (χ1v) is 6.61. The number of benzene rings is 1. The molecule has 0 spiro atoms. The van der Waals surface area contributed by atoms with Gasteiger partial charge < -0.3 is 9.84 Å². The Hall–Kier alpha value is -1.11. The minimum atomic E-state index is -1.04. The molecule has 0 heterocycles. The molecule has 0 fully saturated rings. The molecule has 0 aliphatic rings. The molecule has 1 aromatic carbocycles. The number of carbonyl (C=O) groups is 2. The third-order valence-electron chi connectivity index (χ3n) is 2.82. The van der Waals surface area contributed by atoms with Gasteiger partial charge in [0, 0.05) is 3.57 Å². The van der Waals surface area contributed by atoms with E-state index in [1.165, 1.54) is 6.07 Å². The average molecular weight is 362 g/mol. The molecule has 1 aromatic rings. The summed E-state index contributed by atoms with van der Waals surface area (Å²) >= 11 is 1.93. The summed E-state index contributed by atoms with van der Waals surface area (Å²) in [5.74, 6) is -1.13. The molecule has 0 saturated carbocycles. The standard InChI is InChI=1S/C13H15IO4/c1-4-13(2,3)12(17)18-8-5-6-10(14)9(7-8)11(15)16/h5-7H,4H2,1-3H3,(H,15,16). The maximum Gasteiger partial charge on any atom is 0.336 e. The third-order valence-corrected chi connectivity index (χ3v) is 3.76. The van der Waals surface area contributed by atoms with E-state index in [-0.39, 0.29) is 17.3 Å². The van der Waals surface area contributed by atoms with Gasteiger partial charge in [0.15, 0.2) is 0 Å². The number of ether oxygens (including phenoxy) is 1. The zero-order valence-electron chi connectivity index (χ0n) is 10.5. The number of hydrogen-bond acceptors (Lipinski definition) is 3. The Morgan fingerprint density at radius 2 is 2.00 bits per heavy atom. The van der Waals surface area contributed by atoms with Crippen molar-refractivity contribution < 1.29 is 19.4 Å². The van der Waals surface area contributed by atoms with E-state index in [2.05, 4.69) is 0 Å². The monoisotopic (exact) mass is 362 g/mol. The van der Waals surface area contributed by atoms with Crippen molar-refractivity contribution in [3.05, 3.63) is 27.3 Å². The highest BCUT2D eigenvalue weighted by atomic mass is 127. The molecule has 0 saturated heterocycles. The number of aromatic carboxylic acids is 1. The first-order valence-electron chi connectivity index (χ1n) is 5.53. The smallest absolute Gasteiger partial charge is 0.336 e. The molecule has 5 heteroatoms. The number of esters is 1. The van der Waals surface area contributed by atoms with Crippen LogP contribution in [0.4, 0.5) is 0 Å². The Morgan fingerprint density at radius 1 is 1.39 bits per heavy atom. The Labute approximate surface area is 119 Å². The van der Waals surface area contributed by atoms with Gasteiger partial charge in [0.1, 0.15) is 5.75 Å². The van der Waals surface area contributed by atoms with E-state index < -0.39 is 11.4 Å². The Balaban J connectivity index is 2.96. The second-order valence-corrected chi connectivity index (χ2v) is 5.74. The van der Waals surface area contributed by atoms with Gasteiger partial charge in [-0.05, 0) is 61.1 Å². The van der Waals surface area contributed by atoms with E-state index >= 15 is 0 Å². The summed E-state index contributed by atoms with van der Waals surface area (Å²) in [4.78, 5) is 22.8. The highest BCUT2D eigenvalue weighted by Crippen LogP contribution is 2.25. The molecule has 4 nitrogen and oxygen atoms in total. The van der Waals surface area contributed by atoms with Gasteiger partial charge in [-0.2, -0.15) is 0 Å². The third kappa shape index (κ3) is 3.44. The second-order valence-electron chi connectivity index (χ2n) is 4.57. The normalized spacial score (nSPS) is 11.1. The molecule has 1 N–H and O–H groups in total. The Morgan fingerprint density at radius 3 is 2.50 bits per heavy atom. The van der Waals surface area contributed by atoms with Crippen molar-refractivity contribution in [1.29, 1.82) is 0 Å². The number of carboxylic acid groups (broad SMARTS) is 1. The van der Waals surface area contributed by atoms with Crippen molar-refractivity contribution in [2.75, 3.05) is 0 Å². The van der Waals surface area contributed by atoms with E-state index in [1.54, 1.807) is 26.0 Å². The van der Waals surface area contributed by atoms with Gasteiger partial charge in [-0.3, -0.25) is 4.79 Å². The van der Waals surface area contributed by atoms with Crippen LogP contribution < -0.4 is 4.74 Å². The first kappa shape index (κ1) is 14.9. The quantitative estimate of drug-likeness (QED) is 0.507. The number of halogens is 1. The van der Waals surface area contributed by atoms with Crippen molar-refractivity contribution in [2.24, 2.45) is 5.41 Å². The molecule has 18 heavy (non-hydrogen) atoms. The fourth-order valence-corrected chi connectivity index (χ4v) is 1.69. The maximum absolute atomic E-state index is 11.9. The summed E-state index contributed by atoms with van der Waals surface area (Å²) in [6.07, 6.45) is 0.655. The molecule has 0 atom stereocenters. The molecule has 98 valence electrons. The molecular formula is C13H15IO4. The van der Waals surface area contributed by atoms with Crippen LogP contribution in [-0.2, 0) is 4.79 Å². The largest absolute Gasteiger partial charge is 0.478 e. The zero-order valence-corrected chi connectivity index (χ0v) is 12.6. The highest BCUT2D eigenvalue weighted by molar-refractivity contribution is 14.1. The predicted molar refractivity (Wildman–Crippen MR) is 75.8 cm³/mol. The summed E-state index contributed by atoms with van der Waals surface area (Å²) in [6.45, 7) is 5.48. The van der Waals surface area contributed by atoms with Crippen LogP contribution in [0.15, 0.2) is 18.2 Å². The van der Waals surface area contributed by atoms with Crippen molar-refractivity contribution in [2.45, 2.75) is 27.2 Å². The van der Waals surface area contributed by atoms with Gasteiger partial charge in [-0.25, -0.2) is 4.79 Å². The van der Waals surface area contributed by atoms with E-state index in [1.807, 2.05) is 29.5 Å². The van der Waals surface area contributed by atoms with Crippen LogP contribution in [0.1, 0.15) is 37.6 Å². The molecule has 0 radical (unpaired) electrons. The van der Waals surface area contributed by atoms with Crippen LogP contribution in [0.3, 0.4) is 0 Å². The molecule has 1 rings (SSSR count). The minimum absolute atomic E-state index is 0.134. The SMILES string of the molecule is CCC(C)(C)C(=O)Oc1ccc(I)c(C(=O)O)c1. The van der Waals surface area contributed by atoms with Gasteiger partial charge in [0.25, 0.3) is 0 Å². The first-order chi connectivity index (χ1) is 8.27. The van der Waals surface area contributed by atoms with Crippen molar-refractivity contribution >= 4 is 34.5 Å². The van der Waals surface area contributed by atoms with Crippen LogP contribution in [0.5, 0.6) is 5.75 Å². The fraction of sp³-hybridized carbons (Fsp3) is 0.385. The van der Waals surface area contributed by atoms with E-state index in [0.717, 1.165) is 0 Å². The lowest BCUT2D eigenvalue weighted by atomic mass is 9.91. The maximum atomic E-state index is 11.9. The van der Waals surface area contributed by atoms with Crippen molar-refractivity contribution in [3.8, 4) is 5.75 Å². The van der Waals surface area contributed by atoms with Crippen LogP contribution in [0.25, 0.3) is 0 Å². The molecule has 0 aliphatic carbocycles. The van der Waals surface area contributed by atoms with Crippen molar-refractivity contribution in [3.63, 3.8) is 0 Å². The second kappa shape index (κ2) is 5.69. The average Bonchev–Trinajstić information content (AvgIpc) is 2.31. The number of carboxylic acids is 1. The lowest BCUT2D eigenvalue weighted by molar-refractivity contribution is -0.144. The molecule has 0 aromatic heterocycles. The lowest BCUT2D eigenvalue weighted by Crippen LogP contribution is -2.28.